The fourth-order valence-electron chi connectivity index (χ4n) is 0.515. The van der Waals surface area contributed by atoms with Crippen LogP contribution in [-0.2, 0) is 11.3 Å². The molecule has 0 aliphatic rings. The van der Waals surface area contributed by atoms with Crippen LogP contribution in [0.5, 0.6) is 0 Å². The van der Waals surface area contributed by atoms with Crippen molar-refractivity contribution in [2.24, 2.45) is 0 Å². The molecular weight excluding hydrogens is 200 g/mol. The van der Waals surface area contributed by atoms with E-state index in [1.807, 2.05) is 5.38 Å². The zero-order chi connectivity index (χ0) is 6.69. The average Bonchev–Trinajstić information content (AvgIpc) is 2.18. The van der Waals surface area contributed by atoms with Crippen molar-refractivity contribution in [3.63, 3.8) is 0 Å². The van der Waals surface area contributed by atoms with Crippen LogP contribution >= 0.6 is 27.3 Å². The Hall–Kier alpha value is 0.140. The summed E-state index contributed by atoms with van der Waals surface area (Å²) in [6, 6.07) is 0. The van der Waals surface area contributed by atoms with Crippen LogP contribution in [0.25, 0.3) is 0 Å². The van der Waals surface area contributed by atoms with Crippen molar-refractivity contribution in [1.82, 2.24) is 0 Å². The van der Waals surface area contributed by atoms with Crippen LogP contribution in [0, 0.1) is 5.38 Å². The molecule has 1 heterocycles. The van der Waals surface area contributed by atoms with Crippen molar-refractivity contribution in [1.29, 1.82) is 0 Å². The molecule has 0 saturated heterocycles. The Bertz CT molecular complexity index is 185. The molecule has 1 nitrogen and oxygen atoms in total. The summed E-state index contributed by atoms with van der Waals surface area (Å²) in [5, 5.41) is 5.07. The highest BCUT2D eigenvalue weighted by Crippen LogP contribution is 2.20. The second-order valence-electron chi connectivity index (χ2n) is 1.60. The molecule has 0 aliphatic carbocycles. The molecule has 1 rings (SSSR count). The Morgan fingerprint density at radius 2 is 2.67 bits per heavy atom. The smallest absolute Gasteiger partial charge is 0.0738 e. The lowest BCUT2D eigenvalue weighted by Gasteiger charge is -1.92. The highest BCUT2D eigenvalue weighted by Gasteiger charge is 1.98. The predicted octanol–water partition coefficient (Wildman–Crippen LogP) is 2.46. The molecule has 0 N–H and O–H groups in total. The minimum atomic E-state index is 0.643. The normalized spacial score (nSPS) is 10.0. The highest BCUT2D eigenvalue weighted by atomic mass is 79.9. The van der Waals surface area contributed by atoms with Gasteiger partial charge in [0.15, 0.2) is 0 Å². The lowest BCUT2D eigenvalue weighted by molar-refractivity contribution is 0.184. The first-order valence-electron chi connectivity index (χ1n) is 2.47. The van der Waals surface area contributed by atoms with E-state index in [0.29, 0.717) is 6.61 Å². The van der Waals surface area contributed by atoms with Gasteiger partial charge in [-0.15, -0.1) is 11.3 Å². The summed E-state index contributed by atoms with van der Waals surface area (Å²) in [7, 11) is 1.68. The van der Waals surface area contributed by atoms with Crippen molar-refractivity contribution in [3.8, 4) is 0 Å². The van der Waals surface area contributed by atoms with Gasteiger partial charge in [-0.1, -0.05) is 0 Å². The highest BCUT2D eigenvalue weighted by molar-refractivity contribution is 9.10. The number of hydrogen-bond donors (Lipinski definition) is 0. The predicted molar refractivity (Wildman–Crippen MR) is 41.6 cm³/mol. The van der Waals surface area contributed by atoms with E-state index in [2.05, 4.69) is 21.3 Å². The lowest BCUT2D eigenvalue weighted by Crippen LogP contribution is -1.83. The van der Waals surface area contributed by atoms with Gasteiger partial charge in [-0.25, -0.2) is 0 Å². The van der Waals surface area contributed by atoms with Gasteiger partial charge in [-0.05, 0) is 15.9 Å². The van der Waals surface area contributed by atoms with Crippen molar-refractivity contribution >= 4 is 27.3 Å². The molecule has 1 radical (unpaired) electrons. The summed E-state index contributed by atoms with van der Waals surface area (Å²) in [6.45, 7) is 0.643. The van der Waals surface area contributed by atoms with Crippen molar-refractivity contribution in [2.45, 2.75) is 6.61 Å². The van der Waals surface area contributed by atoms with Gasteiger partial charge in [0.1, 0.15) is 0 Å². The number of hydrogen-bond acceptors (Lipinski definition) is 2. The van der Waals surface area contributed by atoms with Crippen molar-refractivity contribution in [2.75, 3.05) is 7.11 Å². The minimum absolute atomic E-state index is 0.643. The van der Waals surface area contributed by atoms with E-state index in [4.69, 9.17) is 4.74 Å². The maximum absolute atomic E-state index is 4.91. The summed E-state index contributed by atoms with van der Waals surface area (Å²) in [5.74, 6) is 0. The maximum atomic E-state index is 4.91. The first-order valence-corrected chi connectivity index (χ1v) is 4.14. The van der Waals surface area contributed by atoms with E-state index in [9.17, 15) is 0 Å². The van der Waals surface area contributed by atoms with Crippen LogP contribution < -0.4 is 0 Å². The zero-order valence-electron chi connectivity index (χ0n) is 4.98. The molecule has 0 aliphatic heterocycles. The molecule has 0 saturated carbocycles. The first-order chi connectivity index (χ1) is 4.34. The average molecular weight is 206 g/mol. The van der Waals surface area contributed by atoms with Gasteiger partial charge in [0.05, 0.1) is 12.0 Å². The van der Waals surface area contributed by atoms with Crippen LogP contribution in [0.1, 0.15) is 5.56 Å². The second-order valence-corrected chi connectivity index (χ2v) is 3.13. The second kappa shape index (κ2) is 3.34. The molecule has 49 valence electrons. The maximum Gasteiger partial charge on any atom is 0.0738 e. The molecule has 9 heavy (non-hydrogen) atoms. The zero-order valence-corrected chi connectivity index (χ0v) is 7.38. The molecule has 1 aromatic heterocycles. The number of ether oxygens (including phenoxy) is 1. The number of methoxy groups -OCH3 is 1. The summed E-state index contributed by atoms with van der Waals surface area (Å²) < 4.78 is 6.00. The topological polar surface area (TPSA) is 9.23 Å². The molecule has 1 aromatic rings. The number of rotatable bonds is 2. The molecule has 0 aromatic carbocycles. The quantitative estimate of drug-likeness (QED) is 0.722. The van der Waals surface area contributed by atoms with E-state index in [0.717, 1.165) is 10.0 Å². The van der Waals surface area contributed by atoms with E-state index in [1.54, 1.807) is 18.4 Å². The summed E-state index contributed by atoms with van der Waals surface area (Å²) in [4.78, 5) is 0. The van der Waals surface area contributed by atoms with E-state index < -0.39 is 0 Å². The van der Waals surface area contributed by atoms with E-state index in [1.165, 1.54) is 0 Å². The monoisotopic (exact) mass is 205 g/mol. The first kappa shape index (κ1) is 7.25. The van der Waals surface area contributed by atoms with Gasteiger partial charge < -0.3 is 4.74 Å². The van der Waals surface area contributed by atoms with Crippen molar-refractivity contribution < 1.29 is 4.74 Å². The van der Waals surface area contributed by atoms with E-state index >= 15 is 0 Å². The molecule has 0 fully saturated rings. The fourth-order valence-corrected chi connectivity index (χ4v) is 1.76. The largest absolute Gasteiger partial charge is 0.380 e. The van der Waals surface area contributed by atoms with Crippen LogP contribution in [0.4, 0.5) is 0 Å². The Morgan fingerprint density at radius 1 is 1.89 bits per heavy atom. The minimum Gasteiger partial charge on any atom is -0.380 e. The summed E-state index contributed by atoms with van der Waals surface area (Å²) >= 11 is 4.92. The van der Waals surface area contributed by atoms with Gasteiger partial charge in [0.25, 0.3) is 0 Å². The van der Waals surface area contributed by atoms with Gasteiger partial charge >= 0.3 is 0 Å². The summed E-state index contributed by atoms with van der Waals surface area (Å²) in [6.07, 6.45) is 0. The molecule has 3 heteroatoms. The van der Waals surface area contributed by atoms with Crippen LogP contribution in [0.15, 0.2) is 9.85 Å². The standard InChI is InChI=1S/C6H6BrOS/c1-8-2-5-3-9-4-6(5)7/h4H,2H2,1H3. The Labute approximate surface area is 66.8 Å². The SMILES string of the molecule is COCc1[c]scc1Br. The Morgan fingerprint density at radius 3 is 3.11 bits per heavy atom. The van der Waals surface area contributed by atoms with Crippen LogP contribution in [0.3, 0.4) is 0 Å². The van der Waals surface area contributed by atoms with Gasteiger partial charge in [0, 0.05) is 22.5 Å². The Kier molecular flexibility index (Phi) is 2.69. The van der Waals surface area contributed by atoms with Crippen molar-refractivity contribution in [3.05, 3.63) is 20.8 Å². The third-order valence-electron chi connectivity index (χ3n) is 0.921. The molecule has 0 bridgehead atoms. The molecular formula is C6H6BrOS. The molecule has 0 amide bonds. The van der Waals surface area contributed by atoms with Crippen LogP contribution in [0.2, 0.25) is 0 Å². The molecule has 0 spiro atoms. The summed E-state index contributed by atoms with van der Waals surface area (Å²) in [5.41, 5.74) is 1.10. The number of halogens is 1. The van der Waals surface area contributed by atoms with Gasteiger partial charge in [0.2, 0.25) is 0 Å². The molecule has 0 atom stereocenters. The lowest BCUT2D eigenvalue weighted by atomic mass is 10.4. The van der Waals surface area contributed by atoms with Gasteiger partial charge in [-0.3, -0.25) is 0 Å². The molecule has 0 unspecified atom stereocenters. The number of thiophene rings is 1. The van der Waals surface area contributed by atoms with E-state index in [-0.39, 0.29) is 0 Å². The Balaban J connectivity index is 2.69. The third-order valence-corrected chi connectivity index (χ3v) is 2.65. The van der Waals surface area contributed by atoms with Crippen LogP contribution in [-0.4, -0.2) is 7.11 Å². The fraction of sp³-hybridized carbons (Fsp3) is 0.333. The third kappa shape index (κ3) is 1.78. The van der Waals surface area contributed by atoms with Gasteiger partial charge in [-0.2, -0.15) is 0 Å².